The van der Waals surface area contributed by atoms with E-state index in [-0.39, 0.29) is 5.60 Å². The van der Waals surface area contributed by atoms with Gasteiger partial charge in [-0.2, -0.15) is 0 Å². The lowest BCUT2D eigenvalue weighted by Gasteiger charge is -2.29. The van der Waals surface area contributed by atoms with Crippen molar-refractivity contribution in [2.45, 2.75) is 112 Å². The van der Waals surface area contributed by atoms with E-state index in [2.05, 4.69) is 41.5 Å². The van der Waals surface area contributed by atoms with Crippen molar-refractivity contribution in [1.82, 2.24) is 0 Å². The summed E-state index contributed by atoms with van der Waals surface area (Å²) in [5, 5.41) is 0. The molecule has 0 spiro atoms. The average Bonchev–Trinajstić information content (AvgIpc) is 2.53. The van der Waals surface area contributed by atoms with E-state index in [0.717, 1.165) is 24.2 Å². The maximum Gasteiger partial charge on any atom is 0.0650 e. The molecular formula is C21H46O. The molecule has 0 aliphatic heterocycles. The van der Waals surface area contributed by atoms with Gasteiger partial charge in [-0.25, -0.2) is 0 Å². The monoisotopic (exact) mass is 314 g/mol. The first-order chi connectivity index (χ1) is 10.4. The van der Waals surface area contributed by atoms with Crippen molar-refractivity contribution in [3.63, 3.8) is 0 Å². The SMILES string of the molecule is CC.CC1CCC(C)CC1.CCCC(C)CC(C)(CC)OC. The summed E-state index contributed by atoms with van der Waals surface area (Å²) < 4.78 is 5.50. The second-order valence-corrected chi connectivity index (χ2v) is 7.47. The van der Waals surface area contributed by atoms with Gasteiger partial charge in [0.1, 0.15) is 0 Å². The maximum absolute atomic E-state index is 5.50. The van der Waals surface area contributed by atoms with E-state index in [9.17, 15) is 0 Å². The predicted octanol–water partition coefficient (Wildman–Crippen LogP) is 7.49. The van der Waals surface area contributed by atoms with Crippen LogP contribution in [-0.4, -0.2) is 12.7 Å². The van der Waals surface area contributed by atoms with Crippen LogP contribution in [0, 0.1) is 17.8 Å². The fourth-order valence-electron chi connectivity index (χ4n) is 3.13. The summed E-state index contributed by atoms with van der Waals surface area (Å²) in [6.07, 6.45) is 10.8. The first-order valence-corrected chi connectivity index (χ1v) is 9.92. The third kappa shape index (κ3) is 12.5. The Morgan fingerprint density at radius 3 is 1.68 bits per heavy atom. The molecule has 0 amide bonds. The molecule has 1 aliphatic carbocycles. The molecule has 0 aromatic heterocycles. The zero-order valence-corrected chi connectivity index (χ0v) is 17.3. The second-order valence-electron chi connectivity index (χ2n) is 7.47. The number of hydrogen-bond acceptors (Lipinski definition) is 1. The Morgan fingerprint density at radius 1 is 1.00 bits per heavy atom. The molecule has 0 bridgehead atoms. The molecule has 2 atom stereocenters. The maximum atomic E-state index is 5.50. The van der Waals surface area contributed by atoms with Gasteiger partial charge in [0.25, 0.3) is 0 Å². The first-order valence-electron chi connectivity index (χ1n) is 9.92. The van der Waals surface area contributed by atoms with Crippen molar-refractivity contribution in [3.8, 4) is 0 Å². The third-order valence-electron chi connectivity index (χ3n) is 5.11. The van der Waals surface area contributed by atoms with Gasteiger partial charge in [0.15, 0.2) is 0 Å². The lowest BCUT2D eigenvalue weighted by Crippen LogP contribution is -2.28. The van der Waals surface area contributed by atoms with E-state index >= 15 is 0 Å². The van der Waals surface area contributed by atoms with Crippen LogP contribution >= 0.6 is 0 Å². The molecule has 0 heterocycles. The van der Waals surface area contributed by atoms with Gasteiger partial charge >= 0.3 is 0 Å². The molecule has 0 N–H and O–H groups in total. The molecule has 0 aromatic rings. The van der Waals surface area contributed by atoms with E-state index < -0.39 is 0 Å². The Labute approximate surface area is 142 Å². The molecular weight excluding hydrogens is 268 g/mol. The van der Waals surface area contributed by atoms with Gasteiger partial charge in [0.05, 0.1) is 5.60 Å². The Hall–Kier alpha value is -0.0400. The molecule has 1 heteroatoms. The quantitative estimate of drug-likeness (QED) is 0.493. The van der Waals surface area contributed by atoms with Crippen molar-refractivity contribution >= 4 is 0 Å². The number of hydrogen-bond donors (Lipinski definition) is 0. The molecule has 1 rings (SSSR count). The summed E-state index contributed by atoms with van der Waals surface area (Å²) in [6, 6.07) is 0. The van der Waals surface area contributed by atoms with E-state index in [1.807, 2.05) is 21.0 Å². The Bertz CT molecular complexity index is 202. The van der Waals surface area contributed by atoms with E-state index in [0.29, 0.717) is 0 Å². The van der Waals surface area contributed by atoms with Crippen molar-refractivity contribution in [1.29, 1.82) is 0 Å². The highest BCUT2D eigenvalue weighted by Gasteiger charge is 2.23. The third-order valence-corrected chi connectivity index (χ3v) is 5.11. The van der Waals surface area contributed by atoms with Crippen LogP contribution in [0.3, 0.4) is 0 Å². The summed E-state index contributed by atoms with van der Waals surface area (Å²) >= 11 is 0. The molecule has 1 fully saturated rings. The van der Waals surface area contributed by atoms with Crippen LogP contribution in [-0.2, 0) is 4.74 Å². The van der Waals surface area contributed by atoms with Crippen LogP contribution in [0.2, 0.25) is 0 Å². The first kappa shape index (κ1) is 24.2. The summed E-state index contributed by atoms with van der Waals surface area (Å²) in [5.41, 5.74) is 0.106. The number of ether oxygens (including phenoxy) is 1. The normalized spacial score (nSPS) is 25.0. The van der Waals surface area contributed by atoms with Gasteiger partial charge in [0, 0.05) is 7.11 Å². The van der Waals surface area contributed by atoms with Crippen molar-refractivity contribution in [2.75, 3.05) is 7.11 Å². The minimum atomic E-state index is 0.106. The van der Waals surface area contributed by atoms with Gasteiger partial charge in [-0.15, -0.1) is 0 Å². The van der Waals surface area contributed by atoms with Crippen molar-refractivity contribution in [3.05, 3.63) is 0 Å². The molecule has 136 valence electrons. The molecule has 0 aromatic carbocycles. The van der Waals surface area contributed by atoms with Crippen LogP contribution in [0.15, 0.2) is 0 Å². The van der Waals surface area contributed by atoms with Crippen LogP contribution in [0.25, 0.3) is 0 Å². The smallest absolute Gasteiger partial charge is 0.0650 e. The topological polar surface area (TPSA) is 9.23 Å². The van der Waals surface area contributed by atoms with E-state index in [1.54, 1.807) is 0 Å². The predicted molar refractivity (Wildman–Crippen MR) is 103 cm³/mol. The number of rotatable bonds is 6. The lowest BCUT2D eigenvalue weighted by atomic mass is 9.84. The van der Waals surface area contributed by atoms with Crippen molar-refractivity contribution < 1.29 is 4.74 Å². The summed E-state index contributed by atoms with van der Waals surface area (Å²) in [5.74, 6) is 2.83. The molecule has 0 saturated heterocycles. The van der Waals surface area contributed by atoms with Crippen LogP contribution < -0.4 is 0 Å². The lowest BCUT2D eigenvalue weighted by molar-refractivity contribution is -0.0161. The fraction of sp³-hybridized carbons (Fsp3) is 1.00. The largest absolute Gasteiger partial charge is 0.379 e. The minimum Gasteiger partial charge on any atom is -0.379 e. The van der Waals surface area contributed by atoms with Gasteiger partial charge in [0.2, 0.25) is 0 Å². The van der Waals surface area contributed by atoms with Gasteiger partial charge in [-0.3, -0.25) is 0 Å². The van der Waals surface area contributed by atoms with Gasteiger partial charge in [-0.1, -0.05) is 87.0 Å². The van der Waals surface area contributed by atoms with Gasteiger partial charge < -0.3 is 4.74 Å². The standard InChI is InChI=1S/C11H24O.C8H16.C2H6/c1-6-8-10(3)9-11(4,7-2)12-5;1-7-3-5-8(2)6-4-7;1-2/h10H,6-9H2,1-5H3;7-8H,3-6H2,1-2H3;1-2H3. The Morgan fingerprint density at radius 2 is 1.41 bits per heavy atom. The highest BCUT2D eigenvalue weighted by atomic mass is 16.5. The minimum absolute atomic E-state index is 0.106. The van der Waals surface area contributed by atoms with Crippen molar-refractivity contribution in [2.24, 2.45) is 17.8 Å². The molecule has 1 aliphatic rings. The van der Waals surface area contributed by atoms with Crippen LogP contribution in [0.5, 0.6) is 0 Å². The molecule has 0 radical (unpaired) electrons. The second kappa shape index (κ2) is 14.5. The zero-order chi connectivity index (χ0) is 17.6. The summed E-state index contributed by atoms with van der Waals surface area (Å²) in [4.78, 5) is 0. The average molecular weight is 315 g/mol. The van der Waals surface area contributed by atoms with Gasteiger partial charge in [-0.05, 0) is 37.5 Å². The van der Waals surface area contributed by atoms with E-state index in [4.69, 9.17) is 4.74 Å². The van der Waals surface area contributed by atoms with Crippen LogP contribution in [0.4, 0.5) is 0 Å². The highest BCUT2D eigenvalue weighted by molar-refractivity contribution is 4.75. The fourth-order valence-corrected chi connectivity index (χ4v) is 3.13. The molecule has 1 nitrogen and oxygen atoms in total. The highest BCUT2D eigenvalue weighted by Crippen LogP contribution is 2.27. The van der Waals surface area contributed by atoms with E-state index in [1.165, 1.54) is 44.9 Å². The molecule has 22 heavy (non-hydrogen) atoms. The van der Waals surface area contributed by atoms with Crippen LogP contribution in [0.1, 0.15) is 107 Å². The summed E-state index contributed by atoms with van der Waals surface area (Å²) in [6.45, 7) is 17.7. The summed E-state index contributed by atoms with van der Waals surface area (Å²) in [7, 11) is 1.82. The molecule has 1 saturated carbocycles. The Kier molecular flexibility index (Phi) is 16.0. The number of methoxy groups -OCH3 is 1. The Balaban J connectivity index is 0. The zero-order valence-electron chi connectivity index (χ0n) is 17.3. The molecule has 2 unspecified atom stereocenters.